The average molecular weight is 389 g/mol. The monoisotopic (exact) mass is 389 g/mol. The summed E-state index contributed by atoms with van der Waals surface area (Å²) < 4.78 is 11.7. The third kappa shape index (κ3) is 3.44. The molecule has 4 rings (SSSR count). The lowest BCUT2D eigenvalue weighted by Gasteiger charge is -2.28. The van der Waals surface area contributed by atoms with Gasteiger partial charge < -0.3 is 14.6 Å². The molecule has 1 aliphatic heterocycles. The van der Waals surface area contributed by atoms with Crippen LogP contribution in [0.3, 0.4) is 0 Å². The van der Waals surface area contributed by atoms with Gasteiger partial charge in [0.25, 0.3) is 0 Å². The molecule has 0 spiro atoms. The Morgan fingerprint density at radius 3 is 2.48 bits per heavy atom. The molecule has 4 heteroatoms. The van der Waals surface area contributed by atoms with Crippen molar-refractivity contribution in [3.8, 4) is 28.4 Å². The van der Waals surface area contributed by atoms with Crippen LogP contribution in [0.2, 0.25) is 0 Å². The minimum atomic E-state index is -0.205. The molecule has 29 heavy (non-hydrogen) atoms. The number of hydrogen-bond donors (Lipinski definition) is 1. The van der Waals surface area contributed by atoms with Gasteiger partial charge in [0, 0.05) is 11.8 Å². The van der Waals surface area contributed by atoms with Gasteiger partial charge in [0.1, 0.15) is 17.2 Å². The smallest absolute Gasteiger partial charge is 0.131 e. The summed E-state index contributed by atoms with van der Waals surface area (Å²) in [6.07, 6.45) is 2.63. The minimum absolute atomic E-state index is 0.0624. The molecule has 0 bridgehead atoms. The van der Waals surface area contributed by atoms with E-state index in [9.17, 15) is 5.11 Å². The number of hydrogen-bond acceptors (Lipinski definition) is 4. The number of aliphatic imine (C=N–C) groups is 1. The van der Waals surface area contributed by atoms with Gasteiger partial charge in [0.15, 0.2) is 0 Å². The molecule has 0 saturated carbocycles. The molecule has 0 saturated heterocycles. The van der Waals surface area contributed by atoms with Gasteiger partial charge in [0.2, 0.25) is 0 Å². The van der Waals surface area contributed by atoms with E-state index < -0.39 is 0 Å². The average Bonchev–Trinajstić information content (AvgIpc) is 2.67. The Morgan fingerprint density at radius 2 is 1.76 bits per heavy atom. The Labute approximate surface area is 171 Å². The van der Waals surface area contributed by atoms with Crippen LogP contribution in [0.1, 0.15) is 38.8 Å². The number of phenolic OH excluding ortho intramolecular Hbond substituents is 1. The first-order chi connectivity index (χ1) is 13.8. The fourth-order valence-electron chi connectivity index (χ4n) is 4.06. The van der Waals surface area contributed by atoms with Crippen LogP contribution >= 0.6 is 0 Å². The van der Waals surface area contributed by atoms with E-state index in [1.807, 2.05) is 38.1 Å². The van der Waals surface area contributed by atoms with Gasteiger partial charge in [-0.1, -0.05) is 24.3 Å². The Bertz CT molecular complexity index is 1110. The zero-order valence-electron chi connectivity index (χ0n) is 17.6. The van der Waals surface area contributed by atoms with Crippen molar-refractivity contribution < 1.29 is 14.6 Å². The van der Waals surface area contributed by atoms with Crippen molar-refractivity contribution in [2.75, 3.05) is 7.11 Å². The van der Waals surface area contributed by atoms with Gasteiger partial charge in [-0.25, -0.2) is 0 Å². The normalized spacial score (nSPS) is 14.8. The Morgan fingerprint density at radius 1 is 1.00 bits per heavy atom. The molecule has 0 unspecified atom stereocenters. The summed E-state index contributed by atoms with van der Waals surface area (Å²) in [5.41, 5.74) is 3.92. The van der Waals surface area contributed by atoms with Crippen LogP contribution in [0.5, 0.6) is 17.2 Å². The number of nitrogens with zero attached hydrogens (tertiary/aromatic N) is 1. The zero-order chi connectivity index (χ0) is 20.8. The molecule has 0 radical (unpaired) electrons. The van der Waals surface area contributed by atoms with Crippen molar-refractivity contribution >= 4 is 17.0 Å². The lowest BCUT2D eigenvalue weighted by Crippen LogP contribution is -2.25. The molecular weight excluding hydrogens is 362 g/mol. The van der Waals surface area contributed by atoms with E-state index in [4.69, 9.17) is 9.47 Å². The summed E-state index contributed by atoms with van der Waals surface area (Å²) in [5.74, 6) is 1.87. The van der Waals surface area contributed by atoms with Gasteiger partial charge in [-0.2, -0.15) is 0 Å². The predicted molar refractivity (Wildman–Crippen MR) is 119 cm³/mol. The number of rotatable bonds is 4. The van der Waals surface area contributed by atoms with Crippen LogP contribution in [-0.2, 0) is 6.42 Å². The molecule has 1 aliphatic rings. The van der Waals surface area contributed by atoms with Crippen molar-refractivity contribution in [1.82, 2.24) is 0 Å². The summed E-state index contributed by atoms with van der Waals surface area (Å²) in [5, 5.41) is 12.4. The second-order valence-corrected chi connectivity index (χ2v) is 8.43. The maximum atomic E-state index is 10.4. The summed E-state index contributed by atoms with van der Waals surface area (Å²) >= 11 is 0. The van der Waals surface area contributed by atoms with Gasteiger partial charge in [-0.3, -0.25) is 4.99 Å². The predicted octanol–water partition coefficient (Wildman–Crippen LogP) is 5.76. The number of ether oxygens (including phenoxy) is 2. The summed E-state index contributed by atoms with van der Waals surface area (Å²) in [4.78, 5) is 4.61. The van der Waals surface area contributed by atoms with E-state index in [-0.39, 0.29) is 17.4 Å². The quantitative estimate of drug-likeness (QED) is 0.617. The Hall–Kier alpha value is -3.01. The highest BCUT2D eigenvalue weighted by Crippen LogP contribution is 2.43. The van der Waals surface area contributed by atoms with E-state index in [2.05, 4.69) is 31.0 Å². The van der Waals surface area contributed by atoms with Crippen LogP contribution in [0.4, 0.5) is 0 Å². The van der Waals surface area contributed by atoms with E-state index in [0.29, 0.717) is 0 Å². The molecule has 0 atom stereocenters. The SMILES string of the molecule is COc1cccc2c(-c3ccc(O)c4c3CC(C)(C)N=C4)ccc(OC(C)C)c12. The number of aromatic hydroxyl groups is 1. The molecule has 1 heterocycles. The van der Waals surface area contributed by atoms with Crippen molar-refractivity contribution in [1.29, 1.82) is 0 Å². The van der Waals surface area contributed by atoms with E-state index in [1.54, 1.807) is 19.4 Å². The minimum Gasteiger partial charge on any atom is -0.507 e. The lowest BCUT2D eigenvalue weighted by molar-refractivity contribution is 0.245. The second-order valence-electron chi connectivity index (χ2n) is 8.43. The first kappa shape index (κ1) is 19.3. The van der Waals surface area contributed by atoms with Crippen molar-refractivity contribution in [2.45, 2.75) is 45.8 Å². The van der Waals surface area contributed by atoms with Crippen molar-refractivity contribution in [3.63, 3.8) is 0 Å². The highest BCUT2D eigenvalue weighted by atomic mass is 16.5. The largest absolute Gasteiger partial charge is 0.507 e. The zero-order valence-corrected chi connectivity index (χ0v) is 17.6. The molecule has 0 aliphatic carbocycles. The summed E-state index contributed by atoms with van der Waals surface area (Å²) in [7, 11) is 1.68. The third-order valence-electron chi connectivity index (χ3n) is 5.32. The Balaban J connectivity index is 2.01. The van der Waals surface area contributed by atoms with E-state index in [1.165, 1.54) is 0 Å². The molecule has 0 amide bonds. The number of benzene rings is 3. The molecule has 0 fully saturated rings. The lowest BCUT2D eigenvalue weighted by atomic mass is 9.83. The molecule has 1 N–H and O–H groups in total. The highest BCUT2D eigenvalue weighted by Gasteiger charge is 2.27. The molecule has 4 nitrogen and oxygen atoms in total. The van der Waals surface area contributed by atoms with E-state index >= 15 is 0 Å². The van der Waals surface area contributed by atoms with Crippen LogP contribution < -0.4 is 9.47 Å². The number of phenols is 1. The highest BCUT2D eigenvalue weighted by molar-refractivity contribution is 6.05. The van der Waals surface area contributed by atoms with Gasteiger partial charge in [-0.05, 0) is 74.4 Å². The second kappa shape index (κ2) is 7.11. The maximum Gasteiger partial charge on any atom is 0.131 e. The Kier molecular flexibility index (Phi) is 4.73. The van der Waals surface area contributed by atoms with Gasteiger partial charge >= 0.3 is 0 Å². The standard InChI is InChI=1S/C25H27NO3/c1-15(2)29-23-12-10-16(18-7-6-8-22(28-5)24(18)23)17-9-11-21(27)20-14-26-25(3,4)13-19(17)20/h6-12,14-15,27H,13H2,1-5H3. The van der Waals surface area contributed by atoms with Gasteiger partial charge in [0.05, 0.1) is 24.1 Å². The molecule has 3 aromatic carbocycles. The fraction of sp³-hybridized carbons (Fsp3) is 0.320. The molecule has 3 aromatic rings. The first-order valence-corrected chi connectivity index (χ1v) is 9.97. The van der Waals surface area contributed by atoms with Crippen LogP contribution in [0.25, 0.3) is 21.9 Å². The fourth-order valence-corrected chi connectivity index (χ4v) is 4.06. The van der Waals surface area contributed by atoms with E-state index in [0.717, 1.165) is 50.9 Å². The number of fused-ring (bicyclic) bond motifs is 2. The first-order valence-electron chi connectivity index (χ1n) is 9.97. The number of methoxy groups -OCH3 is 1. The molecular formula is C25H27NO3. The topological polar surface area (TPSA) is 51.0 Å². The summed E-state index contributed by atoms with van der Waals surface area (Å²) in [6, 6.07) is 13.9. The van der Waals surface area contributed by atoms with Crippen LogP contribution in [0.15, 0.2) is 47.5 Å². The van der Waals surface area contributed by atoms with Crippen molar-refractivity contribution in [3.05, 3.63) is 53.6 Å². The molecule has 150 valence electrons. The van der Waals surface area contributed by atoms with Crippen LogP contribution in [-0.4, -0.2) is 30.1 Å². The van der Waals surface area contributed by atoms with Gasteiger partial charge in [-0.15, -0.1) is 0 Å². The van der Waals surface area contributed by atoms with Crippen LogP contribution in [0, 0.1) is 0 Å². The van der Waals surface area contributed by atoms with Crippen molar-refractivity contribution in [2.24, 2.45) is 4.99 Å². The maximum absolute atomic E-state index is 10.4. The summed E-state index contributed by atoms with van der Waals surface area (Å²) in [6.45, 7) is 8.27. The third-order valence-corrected chi connectivity index (χ3v) is 5.32. The molecule has 0 aromatic heterocycles.